The molecule has 30 heavy (non-hydrogen) atoms. The fourth-order valence-electron chi connectivity index (χ4n) is 4.87. The van der Waals surface area contributed by atoms with E-state index < -0.39 is 6.17 Å². The first kappa shape index (κ1) is 18.9. The van der Waals surface area contributed by atoms with E-state index >= 15 is 4.39 Å². The van der Waals surface area contributed by atoms with Crippen LogP contribution in [0.5, 0.6) is 0 Å². The molecule has 3 aromatic heterocycles. The van der Waals surface area contributed by atoms with E-state index in [1.165, 1.54) is 28.9 Å². The standard InChI is InChI=1S/C21H23FN6O2/c1-26-12-3-5-15(26)21(22)16(9-12)27(2)18-6-4-14(24-25-18)13-11-28-19(10-17(13)29)23-8-7-20(28)30/h4,6-8,10-12,15-16,21,23H,3,5,9H2,1-2H3/t12-,15+,16-,21+/m1/s1. The maximum atomic E-state index is 15.1. The second kappa shape index (κ2) is 7.02. The van der Waals surface area contributed by atoms with Crippen molar-refractivity contribution in [3.05, 3.63) is 57.2 Å². The second-order valence-electron chi connectivity index (χ2n) is 8.22. The molecule has 0 spiro atoms. The van der Waals surface area contributed by atoms with Crippen LogP contribution in [0.2, 0.25) is 0 Å². The minimum absolute atomic E-state index is 0.0424. The molecule has 2 aliphatic heterocycles. The van der Waals surface area contributed by atoms with Crippen molar-refractivity contribution in [2.75, 3.05) is 19.0 Å². The topological polar surface area (TPSA) is 86.6 Å². The number of hydrogen-bond acceptors (Lipinski definition) is 6. The van der Waals surface area contributed by atoms with E-state index in [0.29, 0.717) is 23.2 Å². The van der Waals surface area contributed by atoms with E-state index in [1.807, 2.05) is 19.0 Å². The number of rotatable bonds is 3. The van der Waals surface area contributed by atoms with E-state index in [2.05, 4.69) is 20.1 Å². The monoisotopic (exact) mass is 410 g/mol. The largest absolute Gasteiger partial charge is 0.352 e. The van der Waals surface area contributed by atoms with E-state index in [1.54, 1.807) is 12.1 Å². The van der Waals surface area contributed by atoms with Gasteiger partial charge in [-0.25, -0.2) is 4.39 Å². The summed E-state index contributed by atoms with van der Waals surface area (Å²) < 4.78 is 16.5. The highest BCUT2D eigenvalue weighted by Gasteiger charge is 2.47. The summed E-state index contributed by atoms with van der Waals surface area (Å²) in [4.78, 5) is 31.5. The Kier molecular flexibility index (Phi) is 4.43. The zero-order chi connectivity index (χ0) is 21.0. The Balaban J connectivity index is 1.44. The predicted molar refractivity (Wildman–Crippen MR) is 112 cm³/mol. The van der Waals surface area contributed by atoms with Crippen LogP contribution in [0.1, 0.15) is 19.3 Å². The van der Waals surface area contributed by atoms with Crippen molar-refractivity contribution in [1.82, 2.24) is 24.5 Å². The van der Waals surface area contributed by atoms with E-state index in [9.17, 15) is 9.59 Å². The molecule has 156 valence electrons. The first-order valence-electron chi connectivity index (χ1n) is 10.1. The van der Waals surface area contributed by atoms with Gasteiger partial charge in [0, 0.05) is 43.7 Å². The molecule has 2 fully saturated rings. The number of nitrogens with zero attached hydrogens (tertiary/aromatic N) is 5. The number of pyridine rings is 1. The first-order chi connectivity index (χ1) is 14.4. The molecule has 0 unspecified atom stereocenters. The zero-order valence-electron chi connectivity index (χ0n) is 16.8. The Morgan fingerprint density at radius 1 is 1.20 bits per heavy atom. The highest BCUT2D eigenvalue weighted by molar-refractivity contribution is 5.61. The molecule has 8 nitrogen and oxygen atoms in total. The fraction of sp³-hybridized carbons (Fsp3) is 0.429. The predicted octanol–water partition coefficient (Wildman–Crippen LogP) is 1.45. The summed E-state index contributed by atoms with van der Waals surface area (Å²) in [5.41, 5.74) is 0.552. The van der Waals surface area contributed by atoms with E-state index in [-0.39, 0.29) is 28.6 Å². The van der Waals surface area contributed by atoms with Crippen molar-refractivity contribution in [1.29, 1.82) is 0 Å². The molecule has 2 saturated heterocycles. The van der Waals surface area contributed by atoms with Gasteiger partial charge in [-0.3, -0.25) is 18.9 Å². The third-order valence-corrected chi connectivity index (χ3v) is 6.67. The number of fused-ring (bicyclic) bond motifs is 3. The van der Waals surface area contributed by atoms with Gasteiger partial charge in [0.1, 0.15) is 11.8 Å². The number of hydrogen-bond donors (Lipinski definition) is 1. The van der Waals surface area contributed by atoms with Crippen molar-refractivity contribution in [3.63, 3.8) is 0 Å². The molecule has 5 rings (SSSR count). The van der Waals surface area contributed by atoms with Crippen LogP contribution in [0.25, 0.3) is 16.9 Å². The van der Waals surface area contributed by atoms with Crippen LogP contribution in [0.4, 0.5) is 10.2 Å². The summed E-state index contributed by atoms with van der Waals surface area (Å²) in [6, 6.07) is 6.29. The van der Waals surface area contributed by atoms with Crippen molar-refractivity contribution in [2.45, 2.75) is 43.6 Å². The molecule has 0 amide bonds. The summed E-state index contributed by atoms with van der Waals surface area (Å²) >= 11 is 0. The van der Waals surface area contributed by atoms with Crippen LogP contribution in [0.3, 0.4) is 0 Å². The molecule has 0 saturated carbocycles. The summed E-state index contributed by atoms with van der Waals surface area (Å²) in [6.45, 7) is 0. The zero-order valence-corrected chi connectivity index (χ0v) is 16.8. The number of aromatic nitrogens is 4. The normalized spacial score (nSPS) is 26.2. The Morgan fingerprint density at radius 2 is 2.03 bits per heavy atom. The van der Waals surface area contributed by atoms with Gasteiger partial charge in [-0.1, -0.05) is 0 Å². The Morgan fingerprint density at radius 3 is 2.80 bits per heavy atom. The van der Waals surface area contributed by atoms with Gasteiger partial charge in [-0.05, 0) is 38.4 Å². The molecular weight excluding hydrogens is 387 g/mol. The Bertz CT molecular complexity index is 1210. The average Bonchev–Trinajstić information content (AvgIpc) is 3.00. The van der Waals surface area contributed by atoms with Gasteiger partial charge in [-0.2, -0.15) is 0 Å². The van der Waals surface area contributed by atoms with Crippen LogP contribution >= 0.6 is 0 Å². The molecule has 0 aliphatic carbocycles. The number of alkyl halides is 1. The van der Waals surface area contributed by atoms with Crippen LogP contribution in [-0.2, 0) is 0 Å². The lowest BCUT2D eigenvalue weighted by molar-refractivity contribution is 0.0701. The van der Waals surface area contributed by atoms with Crippen molar-refractivity contribution in [2.24, 2.45) is 0 Å². The fourth-order valence-corrected chi connectivity index (χ4v) is 4.87. The van der Waals surface area contributed by atoms with Gasteiger partial charge in [0.15, 0.2) is 11.2 Å². The summed E-state index contributed by atoms with van der Waals surface area (Å²) in [5, 5.41) is 8.47. The van der Waals surface area contributed by atoms with Crippen LogP contribution in [0.15, 0.2) is 46.2 Å². The summed E-state index contributed by atoms with van der Waals surface area (Å²) in [6.07, 6.45) is 4.69. The van der Waals surface area contributed by atoms with E-state index in [0.717, 1.165) is 19.3 Å². The molecule has 4 atom stereocenters. The third-order valence-electron chi connectivity index (χ3n) is 6.67. The molecule has 2 aliphatic rings. The minimum Gasteiger partial charge on any atom is -0.352 e. The van der Waals surface area contributed by atoms with Crippen LogP contribution in [0, 0.1) is 0 Å². The van der Waals surface area contributed by atoms with Crippen LogP contribution < -0.4 is 15.9 Å². The Labute approximate surface area is 172 Å². The SMILES string of the molecule is CN(c1ccc(-c2cn3c(=O)cc[nH]c3cc2=O)nn1)[C@@H]1C[C@H]2CC[C@@H]([C@@H]1F)N2C. The molecule has 9 heteroatoms. The highest BCUT2D eigenvalue weighted by Crippen LogP contribution is 2.38. The maximum absolute atomic E-state index is 15.1. The van der Waals surface area contributed by atoms with Crippen LogP contribution in [-0.4, -0.2) is 62.9 Å². The third kappa shape index (κ3) is 2.92. The van der Waals surface area contributed by atoms with Crippen molar-refractivity contribution in [3.8, 4) is 11.3 Å². The lowest BCUT2D eigenvalue weighted by Crippen LogP contribution is -2.56. The second-order valence-corrected chi connectivity index (χ2v) is 8.22. The lowest BCUT2D eigenvalue weighted by atomic mass is 9.95. The van der Waals surface area contributed by atoms with Gasteiger partial charge in [-0.15, -0.1) is 10.2 Å². The molecule has 0 radical (unpaired) electrons. The maximum Gasteiger partial charge on any atom is 0.257 e. The Hall–Kier alpha value is -3.07. The molecule has 2 bridgehead atoms. The first-order valence-corrected chi connectivity index (χ1v) is 10.1. The number of piperidine rings is 1. The average molecular weight is 410 g/mol. The lowest BCUT2D eigenvalue weighted by Gasteiger charge is -2.43. The van der Waals surface area contributed by atoms with Gasteiger partial charge >= 0.3 is 0 Å². The van der Waals surface area contributed by atoms with Crippen molar-refractivity contribution < 1.29 is 4.39 Å². The quantitative estimate of drug-likeness (QED) is 0.704. The molecule has 1 N–H and O–H groups in total. The highest BCUT2D eigenvalue weighted by atomic mass is 19.1. The molecular formula is C21H23FN6O2. The number of H-pyrrole nitrogens is 1. The van der Waals surface area contributed by atoms with Gasteiger partial charge in [0.2, 0.25) is 0 Å². The molecule has 0 aromatic carbocycles. The number of aromatic amines is 1. The number of halogens is 1. The van der Waals surface area contributed by atoms with Gasteiger partial charge in [0.25, 0.3) is 5.56 Å². The molecule has 3 aromatic rings. The number of anilines is 1. The van der Waals surface area contributed by atoms with E-state index in [4.69, 9.17) is 0 Å². The summed E-state index contributed by atoms with van der Waals surface area (Å²) in [7, 11) is 3.85. The van der Waals surface area contributed by atoms with Gasteiger partial charge < -0.3 is 9.88 Å². The van der Waals surface area contributed by atoms with Crippen molar-refractivity contribution >= 4 is 11.5 Å². The van der Waals surface area contributed by atoms with Gasteiger partial charge in [0.05, 0.1) is 17.3 Å². The number of nitrogens with one attached hydrogen (secondary N) is 1. The summed E-state index contributed by atoms with van der Waals surface area (Å²) in [5.74, 6) is 0.564. The minimum atomic E-state index is -0.947. The smallest absolute Gasteiger partial charge is 0.257 e. The molecule has 5 heterocycles.